The first kappa shape index (κ1) is 22.7. The predicted molar refractivity (Wildman–Crippen MR) is 106 cm³/mol. The van der Waals surface area contributed by atoms with Gasteiger partial charge in [-0.2, -0.15) is 18.3 Å². The van der Waals surface area contributed by atoms with Gasteiger partial charge in [0.25, 0.3) is 5.91 Å². The fraction of sp³-hybridized carbons (Fsp3) is 0.350. The van der Waals surface area contributed by atoms with Gasteiger partial charge in [-0.15, -0.1) is 11.3 Å². The Labute approximate surface area is 179 Å². The molecular weight excluding hydrogens is 438 g/mol. The van der Waals surface area contributed by atoms with Gasteiger partial charge in [0.15, 0.2) is 0 Å². The smallest absolute Gasteiger partial charge is 0.406 e. The second kappa shape index (κ2) is 9.04. The van der Waals surface area contributed by atoms with Crippen molar-refractivity contribution in [3.05, 3.63) is 52.3 Å². The Morgan fingerprint density at radius 3 is 2.52 bits per heavy atom. The van der Waals surface area contributed by atoms with Crippen molar-refractivity contribution < 1.29 is 31.9 Å². The van der Waals surface area contributed by atoms with E-state index in [0.717, 1.165) is 16.9 Å². The molecule has 0 aliphatic carbocycles. The minimum Gasteiger partial charge on any atom is -0.465 e. The number of hydrogen-bond donors (Lipinski definition) is 0. The molecule has 0 unspecified atom stereocenters. The summed E-state index contributed by atoms with van der Waals surface area (Å²) in [5.74, 6) is -2.21. The fourth-order valence-corrected chi connectivity index (χ4v) is 4.15. The standard InChI is InChI=1S/C20H19F4N3O3S/c1-3-30-17(28)10-26(11-20(22,23)24)18(29)16-8-15-12(2)25-27(19(15)31-16)9-13-4-6-14(21)7-5-13/h4-8H,3,9-11H2,1-2H3. The van der Waals surface area contributed by atoms with Crippen LogP contribution in [0.2, 0.25) is 0 Å². The molecule has 166 valence electrons. The highest BCUT2D eigenvalue weighted by molar-refractivity contribution is 7.20. The van der Waals surface area contributed by atoms with Gasteiger partial charge in [0.05, 0.1) is 23.7 Å². The first-order chi connectivity index (χ1) is 14.6. The third-order valence-electron chi connectivity index (χ3n) is 4.35. The topological polar surface area (TPSA) is 64.4 Å². The van der Waals surface area contributed by atoms with Crippen LogP contribution in [0.25, 0.3) is 10.2 Å². The molecule has 0 aliphatic heterocycles. The lowest BCUT2D eigenvalue weighted by Gasteiger charge is -2.22. The number of alkyl halides is 3. The van der Waals surface area contributed by atoms with E-state index in [1.165, 1.54) is 25.1 Å². The van der Waals surface area contributed by atoms with Crippen LogP contribution in [0.4, 0.5) is 17.6 Å². The van der Waals surface area contributed by atoms with Crippen molar-refractivity contribution >= 4 is 33.4 Å². The Morgan fingerprint density at radius 1 is 1.23 bits per heavy atom. The molecule has 0 spiro atoms. The minimum absolute atomic E-state index is 0.00577. The lowest BCUT2D eigenvalue weighted by atomic mass is 10.2. The molecule has 6 nitrogen and oxygen atoms in total. The lowest BCUT2D eigenvalue weighted by Crippen LogP contribution is -2.42. The van der Waals surface area contributed by atoms with Crippen molar-refractivity contribution in [1.29, 1.82) is 0 Å². The van der Waals surface area contributed by atoms with Crippen molar-refractivity contribution in [3.8, 4) is 0 Å². The number of ether oxygens (including phenoxy) is 1. The lowest BCUT2D eigenvalue weighted by molar-refractivity contribution is -0.153. The average molecular weight is 457 g/mol. The molecular formula is C20H19F4N3O3S. The van der Waals surface area contributed by atoms with Crippen molar-refractivity contribution in [2.45, 2.75) is 26.6 Å². The second-order valence-corrected chi connectivity index (χ2v) is 7.81. The number of halogens is 4. The highest BCUT2D eigenvalue weighted by Gasteiger charge is 2.35. The molecule has 0 radical (unpaired) electrons. The highest BCUT2D eigenvalue weighted by atomic mass is 32.1. The van der Waals surface area contributed by atoms with Crippen molar-refractivity contribution in [3.63, 3.8) is 0 Å². The van der Waals surface area contributed by atoms with Crippen LogP contribution in [0.5, 0.6) is 0 Å². The van der Waals surface area contributed by atoms with Gasteiger partial charge in [0, 0.05) is 5.39 Å². The molecule has 0 saturated heterocycles. The van der Waals surface area contributed by atoms with Crippen LogP contribution in [-0.4, -0.2) is 52.4 Å². The van der Waals surface area contributed by atoms with Crippen LogP contribution < -0.4 is 0 Å². The third kappa shape index (κ3) is 5.60. The van der Waals surface area contributed by atoms with Gasteiger partial charge in [-0.05, 0) is 37.6 Å². The Bertz CT molecular complexity index is 1090. The van der Waals surface area contributed by atoms with E-state index in [1.807, 2.05) is 0 Å². The third-order valence-corrected chi connectivity index (χ3v) is 5.48. The summed E-state index contributed by atoms with van der Waals surface area (Å²) in [6.07, 6.45) is -4.67. The fourth-order valence-electron chi connectivity index (χ4n) is 3.02. The van der Waals surface area contributed by atoms with Crippen LogP contribution in [0.15, 0.2) is 30.3 Å². The van der Waals surface area contributed by atoms with E-state index in [4.69, 9.17) is 4.74 Å². The number of carbonyl (C=O) groups excluding carboxylic acids is 2. The summed E-state index contributed by atoms with van der Waals surface area (Å²) in [5, 5.41) is 5.02. The zero-order valence-electron chi connectivity index (χ0n) is 16.7. The summed E-state index contributed by atoms with van der Waals surface area (Å²) in [7, 11) is 0. The minimum atomic E-state index is -4.67. The summed E-state index contributed by atoms with van der Waals surface area (Å²) in [5.41, 5.74) is 1.37. The van der Waals surface area contributed by atoms with Crippen LogP contribution in [0, 0.1) is 12.7 Å². The Kier molecular flexibility index (Phi) is 6.63. The van der Waals surface area contributed by atoms with Gasteiger partial charge in [-0.3, -0.25) is 14.3 Å². The first-order valence-electron chi connectivity index (χ1n) is 9.30. The van der Waals surface area contributed by atoms with Crippen molar-refractivity contribution in [1.82, 2.24) is 14.7 Å². The molecule has 2 aromatic heterocycles. The number of nitrogens with zero attached hydrogens (tertiary/aromatic N) is 3. The number of aryl methyl sites for hydroxylation is 1. The molecule has 0 N–H and O–H groups in total. The molecule has 0 bridgehead atoms. The molecule has 0 atom stereocenters. The summed E-state index contributed by atoms with van der Waals surface area (Å²) < 4.78 is 58.4. The van der Waals surface area contributed by atoms with E-state index in [1.54, 1.807) is 23.7 Å². The maximum Gasteiger partial charge on any atom is 0.406 e. The number of fused-ring (bicyclic) bond motifs is 1. The molecule has 0 aliphatic rings. The van der Waals surface area contributed by atoms with Gasteiger partial charge in [0.1, 0.15) is 23.7 Å². The number of benzene rings is 1. The SMILES string of the molecule is CCOC(=O)CN(CC(F)(F)F)C(=O)c1cc2c(C)nn(Cc3ccc(F)cc3)c2s1. The largest absolute Gasteiger partial charge is 0.465 e. The van der Waals surface area contributed by atoms with Gasteiger partial charge >= 0.3 is 12.1 Å². The van der Waals surface area contributed by atoms with Gasteiger partial charge < -0.3 is 9.64 Å². The number of esters is 1. The molecule has 3 rings (SSSR count). The zero-order chi connectivity index (χ0) is 22.8. The van der Waals surface area contributed by atoms with Crippen molar-refractivity contribution in [2.75, 3.05) is 19.7 Å². The van der Waals surface area contributed by atoms with E-state index < -0.39 is 31.1 Å². The second-order valence-electron chi connectivity index (χ2n) is 6.78. The van der Waals surface area contributed by atoms with Crippen LogP contribution in [0.1, 0.15) is 27.9 Å². The van der Waals surface area contributed by atoms with Crippen LogP contribution in [0.3, 0.4) is 0 Å². The molecule has 0 fully saturated rings. The molecule has 31 heavy (non-hydrogen) atoms. The van der Waals surface area contributed by atoms with Gasteiger partial charge in [-0.25, -0.2) is 4.39 Å². The van der Waals surface area contributed by atoms with Gasteiger partial charge in [0.2, 0.25) is 0 Å². The number of thiophene rings is 1. The van der Waals surface area contributed by atoms with E-state index in [9.17, 15) is 27.2 Å². The maximum atomic E-state index is 13.1. The maximum absolute atomic E-state index is 13.1. The molecule has 3 aromatic rings. The molecule has 2 heterocycles. The number of hydrogen-bond acceptors (Lipinski definition) is 5. The van der Waals surface area contributed by atoms with E-state index >= 15 is 0 Å². The van der Waals surface area contributed by atoms with E-state index in [0.29, 0.717) is 27.4 Å². The predicted octanol–water partition coefficient (Wildman–Crippen LogP) is 4.16. The average Bonchev–Trinajstić information content (AvgIpc) is 3.23. The molecule has 1 amide bonds. The summed E-state index contributed by atoms with van der Waals surface area (Å²) in [4.78, 5) is 25.6. The highest BCUT2D eigenvalue weighted by Crippen LogP contribution is 2.30. The van der Waals surface area contributed by atoms with E-state index in [-0.39, 0.29) is 17.3 Å². The first-order valence-corrected chi connectivity index (χ1v) is 10.1. The summed E-state index contributed by atoms with van der Waals surface area (Å²) in [6, 6.07) is 7.30. The quantitative estimate of drug-likeness (QED) is 0.395. The molecule has 11 heteroatoms. The van der Waals surface area contributed by atoms with Crippen LogP contribution in [-0.2, 0) is 16.1 Å². The normalized spacial score (nSPS) is 11.7. The monoisotopic (exact) mass is 457 g/mol. The molecule has 1 aromatic carbocycles. The van der Waals surface area contributed by atoms with E-state index in [2.05, 4.69) is 5.10 Å². The summed E-state index contributed by atoms with van der Waals surface area (Å²) >= 11 is 0.986. The Balaban J connectivity index is 1.90. The Hall–Kier alpha value is -2.95. The van der Waals surface area contributed by atoms with Crippen LogP contribution >= 0.6 is 11.3 Å². The summed E-state index contributed by atoms with van der Waals surface area (Å²) in [6.45, 7) is 1.16. The number of rotatable bonds is 7. The molecule has 0 saturated carbocycles. The number of carbonyl (C=O) groups is 2. The Morgan fingerprint density at radius 2 is 1.90 bits per heavy atom. The number of amides is 1. The van der Waals surface area contributed by atoms with Gasteiger partial charge in [-0.1, -0.05) is 12.1 Å². The zero-order valence-corrected chi connectivity index (χ0v) is 17.5. The van der Waals surface area contributed by atoms with Crippen molar-refractivity contribution in [2.24, 2.45) is 0 Å². The number of aromatic nitrogens is 2.